The molecule has 1 rings (SSSR count). The van der Waals surface area contributed by atoms with Gasteiger partial charge in [0.15, 0.2) is 0 Å². The minimum absolute atomic E-state index is 0. The number of sulfonamides is 1. The molecule has 0 bridgehead atoms. The van der Waals surface area contributed by atoms with Crippen molar-refractivity contribution in [3.63, 3.8) is 0 Å². The summed E-state index contributed by atoms with van der Waals surface area (Å²) < 4.78 is 31.7. The summed E-state index contributed by atoms with van der Waals surface area (Å²) in [5.74, 6) is -1.14. The maximum Gasteiger partial charge on any atom is 0.239 e. The van der Waals surface area contributed by atoms with Gasteiger partial charge in [0.1, 0.15) is 0 Å². The van der Waals surface area contributed by atoms with Crippen molar-refractivity contribution in [1.82, 2.24) is 15.4 Å². The lowest BCUT2D eigenvalue weighted by atomic mass is 10.1. The van der Waals surface area contributed by atoms with Crippen LogP contribution in [0.3, 0.4) is 0 Å². The van der Waals surface area contributed by atoms with Crippen molar-refractivity contribution in [1.29, 1.82) is 0 Å². The Balaban J connectivity index is 0.00000625. The molecule has 1 heterocycles. The van der Waals surface area contributed by atoms with Gasteiger partial charge >= 0.3 is 0 Å². The maximum atomic E-state index is 11.9. The SMILES string of the molecule is CC(C)[C@H](N)C(=O)NCC(=O)NCCS(=O)(=O)NCC1CCCCO1.Cl. The maximum absolute atomic E-state index is 11.9. The number of hydrogen-bond acceptors (Lipinski definition) is 6. The third kappa shape index (κ3) is 10.3. The molecule has 1 unspecified atom stereocenters. The van der Waals surface area contributed by atoms with E-state index in [1.165, 1.54) is 0 Å². The fraction of sp³-hybridized carbons (Fsp3) is 0.867. The highest BCUT2D eigenvalue weighted by Gasteiger charge is 2.19. The Hall–Kier alpha value is -0.940. The van der Waals surface area contributed by atoms with Crippen LogP contribution in [0.25, 0.3) is 0 Å². The summed E-state index contributed by atoms with van der Waals surface area (Å²) in [5, 5.41) is 4.88. The first-order valence-electron chi connectivity index (χ1n) is 8.60. The van der Waals surface area contributed by atoms with Crippen molar-refractivity contribution >= 4 is 34.2 Å². The molecular formula is C15H31ClN4O5S. The van der Waals surface area contributed by atoms with Crippen LogP contribution in [0.1, 0.15) is 33.1 Å². The van der Waals surface area contributed by atoms with Crippen LogP contribution in [0.5, 0.6) is 0 Å². The summed E-state index contributed by atoms with van der Waals surface area (Å²) >= 11 is 0. The van der Waals surface area contributed by atoms with Gasteiger partial charge in [0.05, 0.1) is 24.4 Å². The Morgan fingerprint density at radius 3 is 2.50 bits per heavy atom. The molecule has 0 aromatic heterocycles. The molecule has 2 amide bonds. The van der Waals surface area contributed by atoms with Crippen molar-refractivity contribution in [2.45, 2.75) is 45.3 Å². The van der Waals surface area contributed by atoms with Crippen LogP contribution >= 0.6 is 12.4 Å². The number of carbonyl (C=O) groups excluding carboxylic acids is 2. The molecule has 1 aliphatic rings. The van der Waals surface area contributed by atoms with Gasteiger partial charge in [0.25, 0.3) is 0 Å². The number of carbonyl (C=O) groups is 2. The van der Waals surface area contributed by atoms with Crippen LogP contribution in [0.2, 0.25) is 0 Å². The van der Waals surface area contributed by atoms with Gasteiger partial charge in [-0.25, -0.2) is 13.1 Å². The van der Waals surface area contributed by atoms with Crippen molar-refractivity contribution in [3.05, 3.63) is 0 Å². The highest BCUT2D eigenvalue weighted by atomic mass is 35.5. The molecule has 0 aromatic rings. The zero-order chi connectivity index (χ0) is 18.9. The van der Waals surface area contributed by atoms with Crippen molar-refractivity contribution in [3.8, 4) is 0 Å². The van der Waals surface area contributed by atoms with Crippen molar-refractivity contribution in [2.24, 2.45) is 11.7 Å². The van der Waals surface area contributed by atoms with Gasteiger partial charge in [0, 0.05) is 19.7 Å². The smallest absolute Gasteiger partial charge is 0.239 e. The predicted molar refractivity (Wildman–Crippen MR) is 101 cm³/mol. The summed E-state index contributed by atoms with van der Waals surface area (Å²) in [5.41, 5.74) is 5.66. The molecule has 0 aliphatic carbocycles. The molecule has 5 N–H and O–H groups in total. The summed E-state index contributed by atoms with van der Waals surface area (Å²) in [7, 11) is -3.48. The lowest BCUT2D eigenvalue weighted by molar-refractivity contribution is -0.127. The molecule has 0 spiro atoms. The highest BCUT2D eigenvalue weighted by molar-refractivity contribution is 7.89. The minimum Gasteiger partial charge on any atom is -0.377 e. The fourth-order valence-corrected chi connectivity index (χ4v) is 3.19. The molecule has 0 saturated carbocycles. The Bertz CT molecular complexity index is 538. The van der Waals surface area contributed by atoms with Crippen LogP contribution in [0, 0.1) is 5.92 Å². The number of amides is 2. The molecular weight excluding hydrogens is 384 g/mol. The standard InChI is InChI=1S/C15H30N4O5S.ClH/c1-11(2)14(16)15(21)18-10-13(20)17-6-8-25(22,23)19-9-12-5-3-4-7-24-12;/h11-12,14,19H,3-10,16H2,1-2H3,(H,17,20)(H,18,21);1H/t12?,14-;/m0./s1. The summed E-state index contributed by atoms with van der Waals surface area (Å²) in [6.45, 7) is 4.25. The number of hydrogen-bond donors (Lipinski definition) is 4. The molecule has 1 fully saturated rings. The topological polar surface area (TPSA) is 140 Å². The fourth-order valence-electron chi connectivity index (χ4n) is 2.24. The van der Waals surface area contributed by atoms with Gasteiger partial charge in [-0.15, -0.1) is 12.4 Å². The van der Waals surface area contributed by atoms with E-state index in [4.69, 9.17) is 10.5 Å². The first kappa shape index (κ1) is 25.1. The van der Waals surface area contributed by atoms with Crippen LogP contribution in [0.15, 0.2) is 0 Å². The van der Waals surface area contributed by atoms with E-state index in [0.29, 0.717) is 6.61 Å². The third-order valence-electron chi connectivity index (χ3n) is 3.94. The van der Waals surface area contributed by atoms with Crippen LogP contribution in [-0.4, -0.2) is 64.4 Å². The Morgan fingerprint density at radius 1 is 1.23 bits per heavy atom. The summed E-state index contributed by atoms with van der Waals surface area (Å²) in [6.07, 6.45) is 2.80. The van der Waals surface area contributed by atoms with E-state index in [0.717, 1.165) is 19.3 Å². The van der Waals surface area contributed by atoms with Crippen LogP contribution in [-0.2, 0) is 24.3 Å². The zero-order valence-electron chi connectivity index (χ0n) is 15.3. The number of nitrogens with two attached hydrogens (primary N) is 1. The summed E-state index contributed by atoms with van der Waals surface area (Å²) in [6, 6.07) is -0.681. The average Bonchev–Trinajstić information content (AvgIpc) is 2.58. The number of nitrogens with one attached hydrogen (secondary N) is 3. The lowest BCUT2D eigenvalue weighted by Crippen LogP contribution is -2.47. The molecule has 1 saturated heterocycles. The Morgan fingerprint density at radius 2 is 1.92 bits per heavy atom. The van der Waals surface area contributed by atoms with Gasteiger partial charge < -0.3 is 21.1 Å². The van der Waals surface area contributed by atoms with Gasteiger partial charge in [-0.3, -0.25) is 9.59 Å². The van der Waals surface area contributed by atoms with E-state index in [2.05, 4.69) is 15.4 Å². The summed E-state index contributed by atoms with van der Waals surface area (Å²) in [4.78, 5) is 23.3. The molecule has 1 aliphatic heterocycles. The molecule has 0 radical (unpaired) electrons. The second-order valence-electron chi connectivity index (χ2n) is 6.49. The molecule has 2 atom stereocenters. The second-order valence-corrected chi connectivity index (χ2v) is 8.42. The van der Waals surface area contributed by atoms with E-state index in [1.807, 2.05) is 0 Å². The van der Waals surface area contributed by atoms with Gasteiger partial charge in [0.2, 0.25) is 21.8 Å². The van der Waals surface area contributed by atoms with Gasteiger partial charge in [-0.2, -0.15) is 0 Å². The monoisotopic (exact) mass is 414 g/mol. The first-order chi connectivity index (χ1) is 11.7. The molecule has 11 heteroatoms. The van der Waals surface area contributed by atoms with E-state index in [-0.39, 0.29) is 49.8 Å². The largest absolute Gasteiger partial charge is 0.377 e. The number of rotatable bonds is 10. The average molecular weight is 415 g/mol. The molecule has 154 valence electrons. The number of halogens is 1. The lowest BCUT2D eigenvalue weighted by Gasteiger charge is -2.22. The van der Waals surface area contributed by atoms with Crippen LogP contribution in [0.4, 0.5) is 0 Å². The molecule has 26 heavy (non-hydrogen) atoms. The van der Waals surface area contributed by atoms with Gasteiger partial charge in [-0.05, 0) is 25.2 Å². The quantitative estimate of drug-likeness (QED) is 0.365. The molecule has 9 nitrogen and oxygen atoms in total. The van der Waals surface area contributed by atoms with Crippen LogP contribution < -0.4 is 21.1 Å². The van der Waals surface area contributed by atoms with Crippen molar-refractivity contribution < 1.29 is 22.7 Å². The zero-order valence-corrected chi connectivity index (χ0v) is 17.0. The van der Waals surface area contributed by atoms with Crippen molar-refractivity contribution in [2.75, 3.05) is 32.0 Å². The highest BCUT2D eigenvalue weighted by Crippen LogP contribution is 2.11. The third-order valence-corrected chi connectivity index (χ3v) is 5.29. The van der Waals surface area contributed by atoms with E-state index < -0.39 is 27.9 Å². The Labute approximate surface area is 161 Å². The second kappa shape index (κ2) is 12.4. The normalized spacial score (nSPS) is 18.7. The van der Waals surface area contributed by atoms with E-state index >= 15 is 0 Å². The Kier molecular flexibility index (Phi) is 12.0. The van der Waals surface area contributed by atoms with E-state index in [9.17, 15) is 18.0 Å². The number of ether oxygens (including phenoxy) is 1. The first-order valence-corrected chi connectivity index (χ1v) is 10.3. The minimum atomic E-state index is -3.48. The molecule has 0 aromatic carbocycles. The van der Waals surface area contributed by atoms with E-state index in [1.54, 1.807) is 13.8 Å². The predicted octanol–water partition coefficient (Wildman–Crippen LogP) is -0.888. The van der Waals surface area contributed by atoms with Gasteiger partial charge in [-0.1, -0.05) is 13.8 Å².